The lowest BCUT2D eigenvalue weighted by molar-refractivity contribution is 0.0978. The van der Waals surface area contributed by atoms with Gasteiger partial charge < -0.3 is 10.1 Å². The fourth-order valence-corrected chi connectivity index (χ4v) is 3.80. The first-order valence-corrected chi connectivity index (χ1v) is 12.0. The number of amides is 1. The molecule has 3 aromatic rings. The van der Waals surface area contributed by atoms with E-state index in [1.54, 1.807) is 6.07 Å². The van der Waals surface area contributed by atoms with Crippen LogP contribution in [0, 0.1) is 39.9 Å². The van der Waals surface area contributed by atoms with Gasteiger partial charge in [0.05, 0.1) is 24.6 Å². The van der Waals surface area contributed by atoms with Crippen molar-refractivity contribution in [3.63, 3.8) is 0 Å². The summed E-state index contributed by atoms with van der Waals surface area (Å²) >= 11 is 0.681. The van der Waals surface area contributed by atoms with Crippen LogP contribution in [0.1, 0.15) is 41.0 Å². The summed E-state index contributed by atoms with van der Waals surface area (Å²) in [4.78, 5) is 25.2. The van der Waals surface area contributed by atoms with Crippen molar-refractivity contribution in [2.45, 2.75) is 19.3 Å². The fraction of sp³-hybridized carbons (Fsp3) is 0.192. The van der Waals surface area contributed by atoms with Crippen molar-refractivity contribution in [3.8, 4) is 46.0 Å². The summed E-state index contributed by atoms with van der Waals surface area (Å²) in [6, 6.07) is 7.67. The molecule has 0 aromatic carbocycles. The summed E-state index contributed by atoms with van der Waals surface area (Å²) in [5, 5.41) is 27.2. The molecule has 9 nitrogen and oxygen atoms in total. The van der Waals surface area contributed by atoms with Crippen molar-refractivity contribution in [3.05, 3.63) is 59.8 Å². The van der Waals surface area contributed by atoms with Gasteiger partial charge >= 0.3 is 0 Å². The molecular formula is C26H19F2N7O2S. The molecule has 0 atom stereocenters. The Labute approximate surface area is 220 Å². The quantitative estimate of drug-likeness (QED) is 0.243. The summed E-state index contributed by atoms with van der Waals surface area (Å²) in [6.07, 6.45) is 2.92. The summed E-state index contributed by atoms with van der Waals surface area (Å²) in [7, 11) is 1.34. The number of thioether (sulfide) groups is 1. The number of nitrogens with zero attached hydrogens (tertiary/aromatic N) is 4. The lowest BCUT2D eigenvalue weighted by Gasteiger charge is -2.15. The number of alkyl halides is 2. The third kappa shape index (κ3) is 6.35. The van der Waals surface area contributed by atoms with Crippen LogP contribution in [0.2, 0.25) is 0 Å². The Bertz CT molecular complexity index is 1540. The highest BCUT2D eigenvalue weighted by Crippen LogP contribution is 2.36. The Hall–Kier alpha value is -4.68. The second-order valence-corrected chi connectivity index (χ2v) is 9.05. The van der Waals surface area contributed by atoms with Crippen molar-refractivity contribution in [1.29, 1.82) is 16.1 Å². The largest absolute Gasteiger partial charge is 0.494 e. The zero-order chi connectivity index (χ0) is 27.2. The number of nitrogens with one attached hydrogen (secondary N) is 3. The van der Waals surface area contributed by atoms with E-state index < -0.39 is 18.0 Å². The van der Waals surface area contributed by atoms with Crippen LogP contribution >= 0.6 is 11.8 Å². The first kappa shape index (κ1) is 26.4. The minimum Gasteiger partial charge on any atom is -0.494 e. The number of carbonyl (C=O) groups excluding carboxylic acids is 1. The third-order valence-electron chi connectivity index (χ3n) is 5.34. The van der Waals surface area contributed by atoms with Crippen LogP contribution in [0.3, 0.4) is 0 Å². The molecule has 1 amide bonds. The molecule has 0 bridgehead atoms. The van der Waals surface area contributed by atoms with Crippen LogP contribution < -0.4 is 10.1 Å². The molecule has 0 unspecified atom stereocenters. The summed E-state index contributed by atoms with van der Waals surface area (Å²) in [6.45, 7) is 0. The average molecular weight is 532 g/mol. The average Bonchev–Trinajstić information content (AvgIpc) is 3.75. The predicted octanol–water partition coefficient (Wildman–Crippen LogP) is 4.81. The Kier molecular flexibility index (Phi) is 8.04. The van der Waals surface area contributed by atoms with Gasteiger partial charge in [-0.3, -0.25) is 25.6 Å². The van der Waals surface area contributed by atoms with Crippen LogP contribution in [0.15, 0.2) is 42.9 Å². The minimum atomic E-state index is -2.87. The highest BCUT2D eigenvalue weighted by atomic mass is 32.2. The number of nitriles is 1. The maximum atomic E-state index is 13.5. The van der Waals surface area contributed by atoms with E-state index in [4.69, 9.17) is 15.6 Å². The highest BCUT2D eigenvalue weighted by molar-refractivity contribution is 8.26. The number of methoxy groups -OCH3 is 1. The lowest BCUT2D eigenvalue weighted by Crippen LogP contribution is -2.29. The zero-order valence-corrected chi connectivity index (χ0v) is 20.7. The van der Waals surface area contributed by atoms with Crippen molar-refractivity contribution in [1.82, 2.24) is 20.3 Å². The number of hydrogen-bond donors (Lipinski definition) is 3. The van der Waals surface area contributed by atoms with Gasteiger partial charge in [0.25, 0.3) is 12.3 Å². The first-order chi connectivity index (χ1) is 18.3. The molecular weight excluding hydrogens is 512 g/mol. The smallest absolute Gasteiger partial charge is 0.280 e. The van der Waals surface area contributed by atoms with Crippen molar-refractivity contribution in [2.75, 3.05) is 7.11 Å². The molecule has 1 fully saturated rings. The molecule has 1 saturated carbocycles. The van der Waals surface area contributed by atoms with Crippen LogP contribution in [-0.4, -0.2) is 38.2 Å². The van der Waals surface area contributed by atoms with Crippen molar-refractivity contribution in [2.24, 2.45) is 5.92 Å². The van der Waals surface area contributed by atoms with E-state index >= 15 is 0 Å². The van der Waals surface area contributed by atoms with E-state index in [9.17, 15) is 18.8 Å². The Balaban J connectivity index is 1.74. The van der Waals surface area contributed by atoms with E-state index in [1.165, 1.54) is 31.6 Å². The summed E-state index contributed by atoms with van der Waals surface area (Å²) < 4.78 is 32.3. The molecule has 0 radical (unpaired) electrons. The molecule has 1 aliphatic rings. The van der Waals surface area contributed by atoms with E-state index in [0.29, 0.717) is 23.0 Å². The van der Waals surface area contributed by atoms with E-state index in [0.717, 1.165) is 25.1 Å². The van der Waals surface area contributed by atoms with Crippen LogP contribution in [0.5, 0.6) is 5.75 Å². The number of halogens is 2. The van der Waals surface area contributed by atoms with Gasteiger partial charge in [-0.15, -0.1) is 0 Å². The number of hydrogen-bond acceptors (Lipinski definition) is 9. The van der Waals surface area contributed by atoms with Gasteiger partial charge in [-0.25, -0.2) is 13.8 Å². The molecule has 0 aliphatic heterocycles. The predicted molar refractivity (Wildman–Crippen MR) is 138 cm³/mol. The van der Waals surface area contributed by atoms with Gasteiger partial charge in [0.15, 0.2) is 5.17 Å². The van der Waals surface area contributed by atoms with Crippen molar-refractivity contribution < 1.29 is 18.3 Å². The normalized spacial score (nSPS) is 12.2. The van der Waals surface area contributed by atoms with Gasteiger partial charge in [-0.2, -0.15) is 5.26 Å². The molecule has 190 valence electrons. The molecule has 3 aromatic heterocycles. The maximum Gasteiger partial charge on any atom is 0.280 e. The standard InChI is InChI=1S/C26H19F2N7O2S/c1-37-22-13-34-21(24(27)28)10-18(22)17-9-20(15-6-7-32-16(8-15)11-29)33-12-19(17)25(36)35-26(31)38-23(30)5-4-14-2-3-14/h6-10,12-14,24,30H,2-3H2,1H3,(H2,31,35,36). The number of pyridine rings is 3. The SMILES string of the molecule is COc1cnc(C(F)F)cc1-c1cc(-c2ccnc(C#N)c2)ncc1C(=O)NC(=N)SC(=N)C#CC1CC1. The van der Waals surface area contributed by atoms with Gasteiger partial charge in [0.1, 0.15) is 28.3 Å². The number of rotatable bonds is 5. The van der Waals surface area contributed by atoms with E-state index in [1.807, 2.05) is 6.07 Å². The lowest BCUT2D eigenvalue weighted by atomic mass is 9.97. The van der Waals surface area contributed by atoms with Crippen LogP contribution in [0.4, 0.5) is 8.78 Å². The Morgan fingerprint density at radius 1 is 1.18 bits per heavy atom. The fourth-order valence-electron chi connectivity index (χ4n) is 3.34. The molecule has 1 aliphatic carbocycles. The van der Waals surface area contributed by atoms with Gasteiger partial charge in [-0.05, 0) is 54.8 Å². The third-order valence-corrected chi connectivity index (χ3v) is 5.95. The van der Waals surface area contributed by atoms with E-state index in [2.05, 4.69) is 32.1 Å². The second-order valence-electron chi connectivity index (χ2n) is 8.02. The molecule has 12 heteroatoms. The minimum absolute atomic E-state index is 0.0334. The second kappa shape index (κ2) is 11.6. The Morgan fingerprint density at radius 2 is 1.97 bits per heavy atom. The van der Waals surface area contributed by atoms with Crippen molar-refractivity contribution >= 4 is 27.9 Å². The first-order valence-electron chi connectivity index (χ1n) is 11.2. The summed E-state index contributed by atoms with van der Waals surface area (Å²) in [5.41, 5.74) is 0.786. The highest BCUT2D eigenvalue weighted by Gasteiger charge is 2.22. The van der Waals surface area contributed by atoms with Crippen LogP contribution in [-0.2, 0) is 0 Å². The molecule has 38 heavy (non-hydrogen) atoms. The Morgan fingerprint density at radius 3 is 2.66 bits per heavy atom. The topological polar surface area (TPSA) is 148 Å². The monoisotopic (exact) mass is 531 g/mol. The molecule has 3 N–H and O–H groups in total. The number of carbonyl (C=O) groups is 1. The molecule has 4 rings (SSSR count). The molecule has 3 heterocycles. The van der Waals surface area contributed by atoms with Gasteiger partial charge in [0, 0.05) is 35.0 Å². The number of ether oxygens (including phenoxy) is 1. The van der Waals surface area contributed by atoms with Crippen LogP contribution in [0.25, 0.3) is 22.4 Å². The van der Waals surface area contributed by atoms with E-state index in [-0.39, 0.29) is 44.3 Å². The summed E-state index contributed by atoms with van der Waals surface area (Å²) in [5.74, 6) is 5.25. The maximum absolute atomic E-state index is 13.5. The zero-order valence-electron chi connectivity index (χ0n) is 19.9. The molecule has 0 spiro atoms. The number of aromatic nitrogens is 3. The molecule has 0 saturated heterocycles. The van der Waals surface area contributed by atoms with Gasteiger partial charge in [-0.1, -0.05) is 5.92 Å². The van der Waals surface area contributed by atoms with Gasteiger partial charge in [0.2, 0.25) is 0 Å². The number of amidine groups is 1.